The molecule has 1 aromatic heterocycles. The first-order valence-electron chi connectivity index (χ1n) is 6.75. The fourth-order valence-electron chi connectivity index (χ4n) is 2.49. The first-order valence-corrected chi connectivity index (χ1v) is 7.63. The quantitative estimate of drug-likeness (QED) is 0.908. The summed E-state index contributed by atoms with van der Waals surface area (Å²) in [5.74, 6) is 0.0440. The molecule has 104 valence electrons. The molecule has 1 saturated carbocycles. The third-order valence-electron chi connectivity index (χ3n) is 3.98. The maximum atomic E-state index is 12.3. The number of nitrogens with two attached hydrogens (primary N) is 1. The Bertz CT molecular complexity index is 600. The Labute approximate surface area is 122 Å². The minimum absolute atomic E-state index is 0.0440. The maximum Gasteiger partial charge on any atom is 0.231 e. The lowest BCUT2D eigenvalue weighted by molar-refractivity contribution is -0.129. The van der Waals surface area contributed by atoms with Gasteiger partial charge in [0.25, 0.3) is 0 Å². The zero-order chi connectivity index (χ0) is 14.0. The van der Waals surface area contributed by atoms with Crippen molar-refractivity contribution in [2.75, 3.05) is 11.9 Å². The minimum atomic E-state index is -0.350. The number of nitrogens with zero attached hydrogens (tertiary/aromatic N) is 1. The number of hydrogen-bond acceptors (Lipinski definition) is 4. The van der Waals surface area contributed by atoms with E-state index in [1.807, 2.05) is 29.6 Å². The number of aromatic nitrogens is 1. The second-order valence-electron chi connectivity index (χ2n) is 5.21. The van der Waals surface area contributed by atoms with E-state index in [4.69, 9.17) is 5.73 Å². The smallest absolute Gasteiger partial charge is 0.231 e. The molecular formula is C15H17N3OS. The van der Waals surface area contributed by atoms with E-state index >= 15 is 0 Å². The largest absolute Gasteiger partial charge is 0.329 e. The molecule has 0 unspecified atom stereocenters. The van der Waals surface area contributed by atoms with Crippen LogP contribution in [0.5, 0.6) is 0 Å². The van der Waals surface area contributed by atoms with Gasteiger partial charge in [-0.25, -0.2) is 4.98 Å². The summed E-state index contributed by atoms with van der Waals surface area (Å²) in [6.07, 6.45) is 4.65. The normalized spacial score (nSPS) is 16.4. The highest BCUT2D eigenvalue weighted by molar-refractivity contribution is 7.13. The Hall–Kier alpha value is -1.72. The summed E-state index contributed by atoms with van der Waals surface area (Å²) in [7, 11) is 0. The van der Waals surface area contributed by atoms with Gasteiger partial charge in [-0.3, -0.25) is 4.79 Å². The predicted octanol–water partition coefficient (Wildman–Crippen LogP) is 2.88. The number of anilines is 1. The van der Waals surface area contributed by atoms with Gasteiger partial charge < -0.3 is 11.1 Å². The average Bonchev–Trinajstić information content (AvgIpc) is 2.92. The summed E-state index contributed by atoms with van der Waals surface area (Å²) >= 11 is 1.59. The second kappa shape index (κ2) is 5.34. The predicted molar refractivity (Wildman–Crippen MR) is 81.5 cm³/mol. The first kappa shape index (κ1) is 13.3. The fraction of sp³-hybridized carbons (Fsp3) is 0.333. The molecule has 0 atom stereocenters. The van der Waals surface area contributed by atoms with Crippen molar-refractivity contribution in [2.45, 2.75) is 19.3 Å². The van der Waals surface area contributed by atoms with Crippen LogP contribution in [0.4, 0.5) is 5.69 Å². The van der Waals surface area contributed by atoms with Gasteiger partial charge in [-0.05, 0) is 25.0 Å². The van der Waals surface area contributed by atoms with Gasteiger partial charge >= 0.3 is 0 Å². The molecule has 0 bridgehead atoms. The van der Waals surface area contributed by atoms with Crippen molar-refractivity contribution >= 4 is 22.9 Å². The number of hydrogen-bond donors (Lipinski definition) is 2. The Morgan fingerprint density at radius 3 is 2.90 bits per heavy atom. The van der Waals surface area contributed by atoms with E-state index < -0.39 is 0 Å². The van der Waals surface area contributed by atoms with Crippen molar-refractivity contribution in [3.05, 3.63) is 35.8 Å². The summed E-state index contributed by atoms with van der Waals surface area (Å²) in [6.45, 7) is 0.422. The lowest BCUT2D eigenvalue weighted by atomic mass is 9.68. The van der Waals surface area contributed by atoms with E-state index in [1.165, 1.54) is 0 Å². The van der Waals surface area contributed by atoms with E-state index in [2.05, 4.69) is 10.3 Å². The van der Waals surface area contributed by atoms with Gasteiger partial charge in [-0.15, -0.1) is 11.3 Å². The van der Waals surface area contributed by atoms with Crippen LogP contribution in [0.2, 0.25) is 0 Å². The van der Waals surface area contributed by atoms with Gasteiger partial charge in [0.05, 0.1) is 5.41 Å². The number of thiazole rings is 1. The third-order valence-corrected chi connectivity index (χ3v) is 4.80. The van der Waals surface area contributed by atoms with Crippen LogP contribution in [0.3, 0.4) is 0 Å². The second-order valence-corrected chi connectivity index (χ2v) is 6.10. The summed E-state index contributed by atoms with van der Waals surface area (Å²) in [4.78, 5) is 16.6. The van der Waals surface area contributed by atoms with E-state index in [0.717, 1.165) is 35.5 Å². The molecule has 4 nitrogen and oxygen atoms in total. The number of benzene rings is 1. The number of nitrogens with one attached hydrogen (secondary N) is 1. The third kappa shape index (κ3) is 2.34. The molecular weight excluding hydrogens is 270 g/mol. The van der Waals surface area contributed by atoms with Gasteiger partial charge in [0.2, 0.25) is 5.91 Å². The molecule has 1 aliphatic carbocycles. The lowest BCUT2D eigenvalue weighted by Crippen LogP contribution is -2.47. The number of carbonyl (C=O) groups excluding carboxylic acids is 1. The Morgan fingerprint density at radius 2 is 2.30 bits per heavy atom. The SMILES string of the molecule is NCC1(C(=O)Nc2cccc(-c3nccs3)c2)CCC1. The van der Waals surface area contributed by atoms with Gasteiger partial charge in [-0.1, -0.05) is 18.6 Å². The van der Waals surface area contributed by atoms with Crippen LogP contribution >= 0.6 is 11.3 Å². The average molecular weight is 287 g/mol. The molecule has 0 saturated heterocycles. The molecule has 0 aliphatic heterocycles. The van der Waals surface area contributed by atoms with Crippen LogP contribution in [0.1, 0.15) is 19.3 Å². The molecule has 5 heteroatoms. The zero-order valence-corrected chi connectivity index (χ0v) is 12.0. The number of rotatable bonds is 4. The van der Waals surface area contributed by atoms with E-state index in [0.29, 0.717) is 6.54 Å². The molecule has 1 heterocycles. The Morgan fingerprint density at radius 1 is 1.45 bits per heavy atom. The van der Waals surface area contributed by atoms with Crippen LogP contribution in [0, 0.1) is 5.41 Å². The number of amides is 1. The monoisotopic (exact) mass is 287 g/mol. The summed E-state index contributed by atoms with van der Waals surface area (Å²) < 4.78 is 0. The molecule has 20 heavy (non-hydrogen) atoms. The zero-order valence-electron chi connectivity index (χ0n) is 11.1. The highest BCUT2D eigenvalue weighted by Crippen LogP contribution is 2.41. The van der Waals surface area contributed by atoms with Crippen LogP contribution in [-0.2, 0) is 4.79 Å². The molecule has 1 amide bonds. The van der Waals surface area contributed by atoms with Crippen LogP contribution in [0.25, 0.3) is 10.6 Å². The van der Waals surface area contributed by atoms with Crippen molar-refractivity contribution in [3.8, 4) is 10.6 Å². The fourth-order valence-corrected chi connectivity index (χ4v) is 3.12. The molecule has 0 spiro atoms. The van der Waals surface area contributed by atoms with Crippen molar-refractivity contribution in [2.24, 2.45) is 11.1 Å². The van der Waals surface area contributed by atoms with E-state index in [-0.39, 0.29) is 11.3 Å². The van der Waals surface area contributed by atoms with Crippen molar-refractivity contribution < 1.29 is 4.79 Å². The maximum absolute atomic E-state index is 12.3. The highest BCUT2D eigenvalue weighted by atomic mass is 32.1. The molecule has 0 radical (unpaired) electrons. The molecule has 1 fully saturated rings. The molecule has 3 rings (SSSR count). The molecule has 1 aromatic carbocycles. The summed E-state index contributed by atoms with van der Waals surface area (Å²) in [5, 5.41) is 5.90. The topological polar surface area (TPSA) is 68.0 Å². The number of carbonyl (C=O) groups is 1. The van der Waals surface area contributed by atoms with Gasteiger partial charge in [0.1, 0.15) is 5.01 Å². The lowest BCUT2D eigenvalue weighted by Gasteiger charge is -2.39. The van der Waals surface area contributed by atoms with E-state index in [1.54, 1.807) is 17.5 Å². The van der Waals surface area contributed by atoms with Crippen molar-refractivity contribution in [3.63, 3.8) is 0 Å². The van der Waals surface area contributed by atoms with Crippen molar-refractivity contribution in [1.82, 2.24) is 4.98 Å². The molecule has 1 aliphatic rings. The standard InChI is InChI=1S/C15H17N3OS/c16-10-15(5-2-6-15)14(19)18-12-4-1-3-11(9-12)13-17-7-8-20-13/h1,3-4,7-9H,2,5-6,10,16H2,(H,18,19). The Kier molecular flexibility index (Phi) is 3.54. The van der Waals surface area contributed by atoms with Crippen LogP contribution in [-0.4, -0.2) is 17.4 Å². The van der Waals surface area contributed by atoms with Gasteiger partial charge in [-0.2, -0.15) is 0 Å². The van der Waals surface area contributed by atoms with Gasteiger partial charge in [0, 0.05) is 29.4 Å². The molecule has 2 aromatic rings. The Balaban J connectivity index is 1.78. The van der Waals surface area contributed by atoms with Crippen LogP contribution < -0.4 is 11.1 Å². The highest BCUT2D eigenvalue weighted by Gasteiger charge is 2.42. The summed E-state index contributed by atoms with van der Waals surface area (Å²) in [5.41, 5.74) is 7.24. The van der Waals surface area contributed by atoms with Gasteiger partial charge in [0.15, 0.2) is 0 Å². The van der Waals surface area contributed by atoms with Crippen molar-refractivity contribution in [1.29, 1.82) is 0 Å². The molecule has 3 N–H and O–H groups in total. The van der Waals surface area contributed by atoms with E-state index in [9.17, 15) is 4.79 Å². The first-order chi connectivity index (χ1) is 9.73. The minimum Gasteiger partial charge on any atom is -0.329 e. The summed E-state index contributed by atoms with van der Waals surface area (Å²) in [6, 6.07) is 7.79. The van der Waals surface area contributed by atoms with Crippen LogP contribution in [0.15, 0.2) is 35.8 Å².